The lowest BCUT2D eigenvalue weighted by molar-refractivity contribution is 0.00130. The van der Waals surface area contributed by atoms with Crippen molar-refractivity contribution < 1.29 is 5.11 Å². The minimum absolute atomic E-state index is 0.176. The van der Waals surface area contributed by atoms with Gasteiger partial charge in [-0.2, -0.15) is 0 Å². The number of likely N-dealkylation sites (tertiary alicyclic amines) is 1. The van der Waals surface area contributed by atoms with Gasteiger partial charge in [-0.1, -0.05) is 29.8 Å². The van der Waals surface area contributed by atoms with E-state index < -0.39 is 6.10 Å². The van der Waals surface area contributed by atoms with Gasteiger partial charge < -0.3 is 5.11 Å². The average molecular weight is 233 g/mol. The lowest BCUT2D eigenvalue weighted by atomic mass is 9.89. The van der Waals surface area contributed by atoms with Crippen molar-refractivity contribution in [3.63, 3.8) is 0 Å². The van der Waals surface area contributed by atoms with E-state index in [9.17, 15) is 5.11 Å². The molecule has 0 bridgehead atoms. The van der Waals surface area contributed by atoms with Crippen LogP contribution < -0.4 is 0 Å². The number of aliphatic hydroxyl groups excluding tert-OH is 1. The molecule has 1 fully saturated rings. The molecule has 0 saturated carbocycles. The fraction of sp³-hybridized carbons (Fsp3) is 0.600. The molecule has 94 valence electrons. The van der Waals surface area contributed by atoms with Gasteiger partial charge in [-0.05, 0) is 52.3 Å². The van der Waals surface area contributed by atoms with E-state index in [1.54, 1.807) is 0 Å². The predicted octanol–water partition coefficient (Wildman–Crippen LogP) is 2.90. The van der Waals surface area contributed by atoms with Gasteiger partial charge in [-0.25, -0.2) is 0 Å². The van der Waals surface area contributed by atoms with E-state index in [1.807, 2.05) is 12.1 Å². The summed E-state index contributed by atoms with van der Waals surface area (Å²) >= 11 is 0. The first kappa shape index (κ1) is 12.6. The molecule has 1 aromatic rings. The third kappa shape index (κ3) is 2.53. The molecule has 2 heteroatoms. The van der Waals surface area contributed by atoms with Crippen LogP contribution >= 0.6 is 0 Å². The minimum atomic E-state index is -0.416. The number of hydrogen-bond donors (Lipinski definition) is 1. The summed E-state index contributed by atoms with van der Waals surface area (Å²) in [5.41, 5.74) is 2.06. The zero-order chi connectivity index (χ0) is 12.5. The van der Waals surface area contributed by atoms with Crippen molar-refractivity contribution in [3.05, 3.63) is 35.4 Å². The Kier molecular flexibility index (Phi) is 3.55. The van der Waals surface area contributed by atoms with Crippen LogP contribution in [0.25, 0.3) is 0 Å². The lowest BCUT2D eigenvalue weighted by Crippen LogP contribution is -2.46. The highest BCUT2D eigenvalue weighted by Crippen LogP contribution is 2.33. The van der Waals surface area contributed by atoms with Gasteiger partial charge in [0.2, 0.25) is 0 Å². The summed E-state index contributed by atoms with van der Waals surface area (Å²) in [6.07, 6.45) is 2.09. The van der Waals surface area contributed by atoms with Gasteiger partial charge in [0, 0.05) is 5.54 Å². The second kappa shape index (κ2) is 4.79. The van der Waals surface area contributed by atoms with E-state index in [0.29, 0.717) is 0 Å². The van der Waals surface area contributed by atoms with Crippen LogP contribution in [0.4, 0.5) is 0 Å². The summed E-state index contributed by atoms with van der Waals surface area (Å²) in [6, 6.07) is 8.20. The van der Waals surface area contributed by atoms with Crippen LogP contribution in [0, 0.1) is 6.92 Å². The van der Waals surface area contributed by atoms with Crippen molar-refractivity contribution in [3.8, 4) is 0 Å². The average Bonchev–Trinajstić information content (AvgIpc) is 2.82. The van der Waals surface area contributed by atoms with Crippen LogP contribution in [-0.2, 0) is 0 Å². The van der Waals surface area contributed by atoms with E-state index in [4.69, 9.17) is 0 Å². The Bertz CT molecular complexity index is 380. The maximum Gasteiger partial charge on any atom is 0.0968 e. The quantitative estimate of drug-likeness (QED) is 0.867. The molecule has 1 aliphatic heterocycles. The molecule has 1 heterocycles. The Morgan fingerprint density at radius 1 is 1.24 bits per heavy atom. The van der Waals surface area contributed by atoms with Gasteiger partial charge in [-0.15, -0.1) is 0 Å². The Hall–Kier alpha value is -0.860. The van der Waals surface area contributed by atoms with Crippen LogP contribution in [0.2, 0.25) is 0 Å². The molecule has 0 aromatic heterocycles. The SMILES string of the molecule is Cc1cccc(C(O)C(C)(C)N2CCCC2)c1. The van der Waals surface area contributed by atoms with Crippen LogP contribution in [0.3, 0.4) is 0 Å². The van der Waals surface area contributed by atoms with E-state index in [-0.39, 0.29) is 5.54 Å². The zero-order valence-corrected chi connectivity index (χ0v) is 11.1. The molecule has 1 aliphatic rings. The number of hydrogen-bond acceptors (Lipinski definition) is 2. The van der Waals surface area contributed by atoms with Gasteiger partial charge in [0.05, 0.1) is 6.10 Å². The van der Waals surface area contributed by atoms with E-state index in [1.165, 1.54) is 18.4 Å². The minimum Gasteiger partial charge on any atom is -0.386 e. The summed E-state index contributed by atoms with van der Waals surface area (Å²) in [5.74, 6) is 0. The molecule has 0 radical (unpaired) electrons. The predicted molar refractivity (Wildman–Crippen MR) is 71.0 cm³/mol. The van der Waals surface area contributed by atoms with Crippen molar-refractivity contribution >= 4 is 0 Å². The maximum atomic E-state index is 10.6. The first-order valence-corrected chi connectivity index (χ1v) is 6.51. The zero-order valence-electron chi connectivity index (χ0n) is 11.1. The van der Waals surface area contributed by atoms with Crippen LogP contribution in [0.15, 0.2) is 24.3 Å². The third-order valence-electron chi connectivity index (χ3n) is 3.95. The van der Waals surface area contributed by atoms with Gasteiger partial charge in [-0.3, -0.25) is 4.90 Å². The van der Waals surface area contributed by atoms with Gasteiger partial charge in [0.15, 0.2) is 0 Å². The van der Waals surface area contributed by atoms with Crippen molar-refractivity contribution in [2.45, 2.75) is 45.3 Å². The molecule has 2 nitrogen and oxygen atoms in total. The Morgan fingerprint density at radius 2 is 1.88 bits per heavy atom. The van der Waals surface area contributed by atoms with Crippen molar-refractivity contribution in [2.75, 3.05) is 13.1 Å². The molecular weight excluding hydrogens is 210 g/mol. The molecule has 1 atom stereocenters. The van der Waals surface area contributed by atoms with E-state index in [0.717, 1.165) is 18.7 Å². The number of aliphatic hydroxyl groups is 1. The smallest absolute Gasteiger partial charge is 0.0968 e. The normalized spacial score (nSPS) is 19.5. The van der Waals surface area contributed by atoms with Crippen molar-refractivity contribution in [1.29, 1.82) is 0 Å². The van der Waals surface area contributed by atoms with Gasteiger partial charge >= 0.3 is 0 Å². The fourth-order valence-corrected chi connectivity index (χ4v) is 2.71. The van der Waals surface area contributed by atoms with Gasteiger partial charge in [0.25, 0.3) is 0 Å². The largest absolute Gasteiger partial charge is 0.386 e. The fourth-order valence-electron chi connectivity index (χ4n) is 2.71. The summed E-state index contributed by atoms with van der Waals surface area (Å²) in [7, 11) is 0. The topological polar surface area (TPSA) is 23.5 Å². The van der Waals surface area contributed by atoms with E-state index >= 15 is 0 Å². The summed E-state index contributed by atoms with van der Waals surface area (Å²) in [6.45, 7) is 8.57. The number of benzene rings is 1. The van der Waals surface area contributed by atoms with Gasteiger partial charge in [0.1, 0.15) is 0 Å². The summed E-state index contributed by atoms with van der Waals surface area (Å²) < 4.78 is 0. The molecular formula is C15H23NO. The molecule has 0 amide bonds. The van der Waals surface area contributed by atoms with Crippen LogP contribution in [0.5, 0.6) is 0 Å². The maximum absolute atomic E-state index is 10.6. The first-order chi connectivity index (χ1) is 8.01. The standard InChI is InChI=1S/C15H23NO/c1-12-7-6-8-13(11-12)14(17)15(2,3)16-9-4-5-10-16/h6-8,11,14,17H,4-5,9-10H2,1-3H3. The number of rotatable bonds is 3. The second-order valence-corrected chi connectivity index (χ2v) is 5.66. The molecule has 1 saturated heterocycles. The molecule has 1 N–H and O–H groups in total. The molecule has 0 aliphatic carbocycles. The van der Waals surface area contributed by atoms with Crippen LogP contribution in [0.1, 0.15) is 43.9 Å². The van der Waals surface area contributed by atoms with Crippen molar-refractivity contribution in [1.82, 2.24) is 4.90 Å². The number of aryl methyl sites for hydroxylation is 1. The molecule has 0 spiro atoms. The number of nitrogens with zero attached hydrogens (tertiary/aromatic N) is 1. The molecule has 1 aromatic carbocycles. The highest BCUT2D eigenvalue weighted by Gasteiger charge is 2.36. The molecule has 2 rings (SSSR count). The first-order valence-electron chi connectivity index (χ1n) is 6.51. The molecule has 1 unspecified atom stereocenters. The molecule has 17 heavy (non-hydrogen) atoms. The van der Waals surface area contributed by atoms with Crippen LogP contribution in [-0.4, -0.2) is 28.6 Å². The Balaban J connectivity index is 2.20. The van der Waals surface area contributed by atoms with E-state index in [2.05, 4.69) is 37.8 Å². The monoisotopic (exact) mass is 233 g/mol. The third-order valence-corrected chi connectivity index (χ3v) is 3.95. The lowest BCUT2D eigenvalue weighted by Gasteiger charge is -2.39. The second-order valence-electron chi connectivity index (χ2n) is 5.66. The Labute approximate surface area is 104 Å². The van der Waals surface area contributed by atoms with Crippen molar-refractivity contribution in [2.24, 2.45) is 0 Å². The summed E-state index contributed by atoms with van der Waals surface area (Å²) in [4.78, 5) is 2.40. The Morgan fingerprint density at radius 3 is 2.47 bits per heavy atom. The highest BCUT2D eigenvalue weighted by atomic mass is 16.3. The summed E-state index contributed by atoms with van der Waals surface area (Å²) in [5, 5.41) is 10.6. The highest BCUT2D eigenvalue weighted by molar-refractivity contribution is 5.26.